The van der Waals surface area contributed by atoms with Gasteiger partial charge in [0.25, 0.3) is 0 Å². The third-order valence-corrected chi connectivity index (χ3v) is 2.45. The fraction of sp³-hybridized carbons (Fsp3) is 0.643. The first-order valence-corrected chi connectivity index (χ1v) is 6.79. The number of nitrogens with zero attached hydrogens (tertiary/aromatic N) is 1. The summed E-state index contributed by atoms with van der Waals surface area (Å²) in [6, 6.07) is 4.30. The van der Waals surface area contributed by atoms with Gasteiger partial charge in [-0.25, -0.2) is 0 Å². The van der Waals surface area contributed by atoms with E-state index in [1.807, 2.05) is 12.1 Å². The van der Waals surface area contributed by atoms with Gasteiger partial charge in [0.2, 0.25) is 0 Å². The maximum Gasteiger partial charge on any atom is 0.191 e. The summed E-state index contributed by atoms with van der Waals surface area (Å²) in [6.07, 6.45) is 4.88. The highest BCUT2D eigenvalue weighted by Crippen LogP contribution is 1.99. The van der Waals surface area contributed by atoms with Gasteiger partial charge in [-0.1, -0.05) is 13.3 Å². The number of nitrogens with one attached hydrogen (secondary N) is 2. The number of hydrogen-bond donors (Lipinski definition) is 2. The molecule has 1 rings (SSSR count). The zero-order valence-corrected chi connectivity index (χ0v) is 14.4. The van der Waals surface area contributed by atoms with Crippen molar-refractivity contribution in [1.29, 1.82) is 0 Å². The Labute approximate surface area is 133 Å². The molecule has 0 atom stereocenters. The first-order valence-electron chi connectivity index (χ1n) is 6.79. The molecule has 0 saturated carbocycles. The van der Waals surface area contributed by atoms with E-state index in [0.29, 0.717) is 6.04 Å². The lowest BCUT2D eigenvalue weighted by Gasteiger charge is -2.14. The standard InChI is InChI=1S/C14H25N3O.HI/c1-4-5-9-15-14(17-12(2)3)16-10-8-13-7-6-11-18-13;/h6-7,11-12H,4-5,8-10H2,1-3H3,(H2,15,16,17);1H. The summed E-state index contributed by atoms with van der Waals surface area (Å²) in [5.41, 5.74) is 0. The van der Waals surface area contributed by atoms with Crippen molar-refractivity contribution in [3.8, 4) is 0 Å². The Morgan fingerprint density at radius 1 is 1.42 bits per heavy atom. The van der Waals surface area contributed by atoms with E-state index in [2.05, 4.69) is 36.4 Å². The summed E-state index contributed by atoms with van der Waals surface area (Å²) >= 11 is 0. The van der Waals surface area contributed by atoms with Crippen LogP contribution in [0.15, 0.2) is 27.8 Å². The maximum absolute atomic E-state index is 5.29. The van der Waals surface area contributed by atoms with Gasteiger partial charge >= 0.3 is 0 Å². The predicted octanol–water partition coefficient (Wildman–Crippen LogP) is 3.18. The summed E-state index contributed by atoms with van der Waals surface area (Å²) in [6.45, 7) is 8.11. The second-order valence-electron chi connectivity index (χ2n) is 4.64. The molecule has 0 amide bonds. The van der Waals surface area contributed by atoms with Crippen molar-refractivity contribution >= 4 is 29.9 Å². The SMILES string of the molecule is CCCCN=C(NCCc1ccco1)NC(C)C.I. The molecular formula is C14H26IN3O. The minimum Gasteiger partial charge on any atom is -0.469 e. The number of hydrogen-bond acceptors (Lipinski definition) is 2. The number of halogens is 1. The van der Waals surface area contributed by atoms with E-state index in [9.17, 15) is 0 Å². The van der Waals surface area contributed by atoms with Crippen LogP contribution in [0.3, 0.4) is 0 Å². The van der Waals surface area contributed by atoms with Crippen molar-refractivity contribution in [2.45, 2.75) is 46.1 Å². The van der Waals surface area contributed by atoms with Crippen molar-refractivity contribution in [3.63, 3.8) is 0 Å². The van der Waals surface area contributed by atoms with Gasteiger partial charge in [0, 0.05) is 25.6 Å². The van der Waals surface area contributed by atoms with Gasteiger partial charge < -0.3 is 15.1 Å². The topological polar surface area (TPSA) is 49.6 Å². The Hall–Kier alpha value is -0.720. The van der Waals surface area contributed by atoms with Crippen molar-refractivity contribution < 1.29 is 4.42 Å². The molecule has 0 aliphatic carbocycles. The predicted molar refractivity (Wildman–Crippen MR) is 91.3 cm³/mol. The summed E-state index contributed by atoms with van der Waals surface area (Å²) in [5, 5.41) is 6.65. The number of unbranched alkanes of at least 4 members (excludes halogenated alkanes) is 1. The molecule has 0 aliphatic heterocycles. The van der Waals surface area contributed by atoms with E-state index in [0.717, 1.165) is 37.7 Å². The first kappa shape index (κ1) is 18.3. The number of rotatable bonds is 7. The quantitative estimate of drug-likeness (QED) is 0.331. The Morgan fingerprint density at radius 2 is 2.21 bits per heavy atom. The molecular weight excluding hydrogens is 353 g/mol. The van der Waals surface area contributed by atoms with Crippen molar-refractivity contribution in [1.82, 2.24) is 10.6 Å². The van der Waals surface area contributed by atoms with Crippen LogP contribution in [0.4, 0.5) is 0 Å². The average molecular weight is 379 g/mol. The minimum atomic E-state index is 0. The molecule has 0 radical (unpaired) electrons. The molecule has 0 aromatic carbocycles. The van der Waals surface area contributed by atoms with E-state index in [1.165, 1.54) is 6.42 Å². The molecule has 19 heavy (non-hydrogen) atoms. The summed E-state index contributed by atoms with van der Waals surface area (Å²) < 4.78 is 5.29. The molecule has 0 spiro atoms. The minimum absolute atomic E-state index is 0. The van der Waals surface area contributed by atoms with Crippen LogP contribution in [-0.2, 0) is 6.42 Å². The monoisotopic (exact) mass is 379 g/mol. The van der Waals surface area contributed by atoms with E-state index in [4.69, 9.17) is 4.42 Å². The highest BCUT2D eigenvalue weighted by atomic mass is 127. The maximum atomic E-state index is 5.29. The summed E-state index contributed by atoms with van der Waals surface area (Å²) in [4.78, 5) is 4.54. The number of furan rings is 1. The molecule has 0 fully saturated rings. The molecule has 1 aromatic rings. The second kappa shape index (κ2) is 11.1. The normalized spacial score (nSPS) is 11.3. The van der Waals surface area contributed by atoms with Crippen LogP contribution in [0.5, 0.6) is 0 Å². The molecule has 2 N–H and O–H groups in total. The third kappa shape index (κ3) is 8.91. The molecule has 4 nitrogen and oxygen atoms in total. The zero-order chi connectivity index (χ0) is 13.2. The van der Waals surface area contributed by atoms with Crippen LogP contribution in [0.1, 0.15) is 39.4 Å². The van der Waals surface area contributed by atoms with Crippen LogP contribution in [0, 0.1) is 0 Å². The molecule has 0 saturated heterocycles. The lowest BCUT2D eigenvalue weighted by molar-refractivity contribution is 0.506. The van der Waals surface area contributed by atoms with E-state index >= 15 is 0 Å². The van der Waals surface area contributed by atoms with E-state index in [-0.39, 0.29) is 24.0 Å². The molecule has 0 unspecified atom stereocenters. The fourth-order valence-corrected chi connectivity index (χ4v) is 1.53. The largest absolute Gasteiger partial charge is 0.469 e. The fourth-order valence-electron chi connectivity index (χ4n) is 1.53. The molecule has 5 heteroatoms. The first-order chi connectivity index (χ1) is 8.72. The van der Waals surface area contributed by atoms with Gasteiger partial charge in [-0.15, -0.1) is 24.0 Å². The van der Waals surface area contributed by atoms with Crippen LogP contribution in [0.25, 0.3) is 0 Å². The average Bonchev–Trinajstić information content (AvgIpc) is 2.81. The lowest BCUT2D eigenvalue weighted by Crippen LogP contribution is -2.42. The third-order valence-electron chi connectivity index (χ3n) is 2.45. The molecule has 0 bridgehead atoms. The van der Waals surface area contributed by atoms with Crippen molar-refractivity contribution in [2.24, 2.45) is 4.99 Å². The zero-order valence-electron chi connectivity index (χ0n) is 12.1. The Balaban J connectivity index is 0.00000324. The smallest absolute Gasteiger partial charge is 0.191 e. The van der Waals surface area contributed by atoms with Crippen molar-refractivity contribution in [3.05, 3.63) is 24.2 Å². The summed E-state index contributed by atoms with van der Waals surface area (Å²) in [7, 11) is 0. The van der Waals surface area contributed by atoms with Gasteiger partial charge in [0.05, 0.1) is 6.26 Å². The van der Waals surface area contributed by atoms with Gasteiger partial charge in [0.1, 0.15) is 5.76 Å². The van der Waals surface area contributed by atoms with Crippen LogP contribution < -0.4 is 10.6 Å². The highest BCUT2D eigenvalue weighted by molar-refractivity contribution is 14.0. The molecule has 0 aliphatic rings. The van der Waals surface area contributed by atoms with Crippen molar-refractivity contribution in [2.75, 3.05) is 13.1 Å². The van der Waals surface area contributed by atoms with Gasteiger partial charge in [-0.3, -0.25) is 4.99 Å². The van der Waals surface area contributed by atoms with Crippen LogP contribution in [0.2, 0.25) is 0 Å². The summed E-state index contributed by atoms with van der Waals surface area (Å²) in [5.74, 6) is 1.89. The van der Waals surface area contributed by atoms with Gasteiger partial charge in [-0.05, 0) is 32.4 Å². The van der Waals surface area contributed by atoms with Crippen LogP contribution >= 0.6 is 24.0 Å². The Kier molecular flexibility index (Phi) is 10.7. The lowest BCUT2D eigenvalue weighted by atomic mass is 10.3. The Morgan fingerprint density at radius 3 is 2.79 bits per heavy atom. The van der Waals surface area contributed by atoms with E-state index < -0.39 is 0 Å². The van der Waals surface area contributed by atoms with E-state index in [1.54, 1.807) is 6.26 Å². The van der Waals surface area contributed by atoms with Gasteiger partial charge in [-0.2, -0.15) is 0 Å². The second-order valence-corrected chi connectivity index (χ2v) is 4.64. The molecule has 110 valence electrons. The molecule has 1 heterocycles. The number of aliphatic imine (C=N–C) groups is 1. The molecule has 1 aromatic heterocycles. The van der Waals surface area contributed by atoms with Gasteiger partial charge in [0.15, 0.2) is 5.96 Å². The Bertz CT molecular complexity index is 336. The number of guanidine groups is 1. The van der Waals surface area contributed by atoms with Crippen LogP contribution in [-0.4, -0.2) is 25.1 Å². The highest BCUT2D eigenvalue weighted by Gasteiger charge is 2.01.